The maximum atomic E-state index is 12.1. The summed E-state index contributed by atoms with van der Waals surface area (Å²) < 4.78 is 26.8. The van der Waals surface area contributed by atoms with Gasteiger partial charge in [-0.05, 0) is 30.7 Å². The zero-order chi connectivity index (χ0) is 16.1. The summed E-state index contributed by atoms with van der Waals surface area (Å²) in [4.78, 5) is 0. The van der Waals surface area contributed by atoms with Gasteiger partial charge in [0.2, 0.25) is 10.0 Å². The molecule has 0 spiro atoms. The Balaban J connectivity index is 2.58. The van der Waals surface area contributed by atoms with Crippen LogP contribution in [0, 0.1) is 5.92 Å². The molecule has 0 saturated carbocycles. The molecule has 1 rings (SSSR count). The Labute approximate surface area is 128 Å². The molecule has 4 nitrogen and oxygen atoms in total. The minimum absolute atomic E-state index is 0.0226. The Morgan fingerprint density at radius 3 is 2.29 bits per heavy atom. The van der Waals surface area contributed by atoms with E-state index < -0.39 is 15.6 Å². The average molecular weight is 313 g/mol. The number of hydrogen-bond acceptors (Lipinski definition) is 3. The first kappa shape index (κ1) is 18.1. The van der Waals surface area contributed by atoms with E-state index in [0.29, 0.717) is 12.3 Å². The molecule has 0 fully saturated rings. The molecule has 0 aliphatic rings. The van der Waals surface area contributed by atoms with Crippen LogP contribution in [0.25, 0.3) is 0 Å². The molecular formula is C16H27NO3S. The fourth-order valence-electron chi connectivity index (χ4n) is 2.48. The molecule has 1 aromatic rings. The van der Waals surface area contributed by atoms with E-state index in [1.54, 1.807) is 6.92 Å². The van der Waals surface area contributed by atoms with Gasteiger partial charge in [-0.25, -0.2) is 13.1 Å². The first-order chi connectivity index (χ1) is 9.61. The SMILES string of the molecule is CC(C)CC(C)(O)CNS(=O)(=O)CC(C)c1ccccc1. The normalized spacial score (nSPS) is 16.7. The van der Waals surface area contributed by atoms with Gasteiger partial charge in [0.05, 0.1) is 11.4 Å². The van der Waals surface area contributed by atoms with E-state index in [2.05, 4.69) is 4.72 Å². The summed E-state index contributed by atoms with van der Waals surface area (Å²) >= 11 is 0. The van der Waals surface area contributed by atoms with E-state index in [-0.39, 0.29) is 18.2 Å². The van der Waals surface area contributed by atoms with Crippen molar-refractivity contribution in [3.8, 4) is 0 Å². The summed E-state index contributed by atoms with van der Waals surface area (Å²) in [6.45, 7) is 7.60. The monoisotopic (exact) mass is 313 g/mol. The van der Waals surface area contributed by atoms with Crippen molar-refractivity contribution < 1.29 is 13.5 Å². The molecular weight excluding hydrogens is 286 g/mol. The molecule has 2 N–H and O–H groups in total. The van der Waals surface area contributed by atoms with Gasteiger partial charge in [-0.2, -0.15) is 0 Å². The Morgan fingerprint density at radius 2 is 1.76 bits per heavy atom. The lowest BCUT2D eigenvalue weighted by atomic mass is 9.95. The number of sulfonamides is 1. The molecule has 120 valence electrons. The van der Waals surface area contributed by atoms with Crippen molar-refractivity contribution >= 4 is 10.0 Å². The zero-order valence-electron chi connectivity index (χ0n) is 13.3. The second kappa shape index (κ2) is 7.38. The number of nitrogens with one attached hydrogen (secondary N) is 1. The van der Waals surface area contributed by atoms with Crippen LogP contribution in [0.4, 0.5) is 0 Å². The summed E-state index contributed by atoms with van der Waals surface area (Å²) in [6.07, 6.45) is 0.559. The minimum atomic E-state index is -3.41. The van der Waals surface area contributed by atoms with E-state index >= 15 is 0 Å². The van der Waals surface area contributed by atoms with Crippen molar-refractivity contribution in [2.75, 3.05) is 12.3 Å². The van der Waals surface area contributed by atoms with Gasteiger partial charge in [-0.1, -0.05) is 51.1 Å². The largest absolute Gasteiger partial charge is 0.389 e. The van der Waals surface area contributed by atoms with Crippen LogP contribution in [-0.2, 0) is 10.0 Å². The van der Waals surface area contributed by atoms with Crippen molar-refractivity contribution in [3.63, 3.8) is 0 Å². The van der Waals surface area contributed by atoms with E-state index in [9.17, 15) is 13.5 Å². The third-order valence-electron chi connectivity index (χ3n) is 3.36. The molecule has 0 saturated heterocycles. The fraction of sp³-hybridized carbons (Fsp3) is 0.625. The summed E-state index contributed by atoms with van der Waals surface area (Å²) in [5.41, 5.74) is -0.0196. The topological polar surface area (TPSA) is 66.4 Å². The van der Waals surface area contributed by atoms with Crippen molar-refractivity contribution in [1.82, 2.24) is 4.72 Å². The highest BCUT2D eigenvalue weighted by atomic mass is 32.2. The Kier molecular flexibility index (Phi) is 6.38. The number of hydrogen-bond donors (Lipinski definition) is 2. The molecule has 1 aromatic carbocycles. The quantitative estimate of drug-likeness (QED) is 0.775. The standard InChI is InChI=1S/C16H27NO3S/c1-13(2)10-16(4,18)12-17-21(19,20)11-14(3)15-8-6-5-7-9-15/h5-9,13-14,17-18H,10-12H2,1-4H3. The van der Waals surface area contributed by atoms with E-state index in [0.717, 1.165) is 5.56 Å². The minimum Gasteiger partial charge on any atom is -0.389 e. The van der Waals surface area contributed by atoms with Gasteiger partial charge in [-0.15, -0.1) is 0 Å². The second-order valence-corrected chi connectivity index (χ2v) is 8.36. The first-order valence-electron chi connectivity index (χ1n) is 7.36. The highest BCUT2D eigenvalue weighted by molar-refractivity contribution is 7.89. The average Bonchev–Trinajstić information content (AvgIpc) is 2.36. The van der Waals surface area contributed by atoms with Crippen molar-refractivity contribution in [2.45, 2.75) is 45.6 Å². The molecule has 0 aliphatic carbocycles. The van der Waals surface area contributed by atoms with Gasteiger partial charge in [0.15, 0.2) is 0 Å². The van der Waals surface area contributed by atoms with Gasteiger partial charge in [-0.3, -0.25) is 0 Å². The van der Waals surface area contributed by atoms with Crippen LogP contribution in [0.5, 0.6) is 0 Å². The molecule has 0 aromatic heterocycles. The predicted molar refractivity (Wildman–Crippen MR) is 86.7 cm³/mol. The summed E-state index contributed by atoms with van der Waals surface area (Å²) in [5.74, 6) is 0.251. The molecule has 5 heteroatoms. The highest BCUT2D eigenvalue weighted by Crippen LogP contribution is 2.18. The van der Waals surface area contributed by atoms with Crippen molar-refractivity contribution in [1.29, 1.82) is 0 Å². The number of rotatable bonds is 8. The molecule has 2 unspecified atom stereocenters. The first-order valence-corrected chi connectivity index (χ1v) is 9.01. The van der Waals surface area contributed by atoms with E-state index in [4.69, 9.17) is 0 Å². The van der Waals surface area contributed by atoms with Gasteiger partial charge >= 0.3 is 0 Å². The van der Waals surface area contributed by atoms with Crippen LogP contribution in [0.15, 0.2) is 30.3 Å². The molecule has 0 aliphatic heterocycles. The van der Waals surface area contributed by atoms with Crippen LogP contribution in [0.3, 0.4) is 0 Å². The van der Waals surface area contributed by atoms with Crippen LogP contribution >= 0.6 is 0 Å². The third-order valence-corrected chi connectivity index (χ3v) is 4.88. The number of benzene rings is 1. The maximum absolute atomic E-state index is 12.1. The second-order valence-electron chi connectivity index (χ2n) is 6.51. The van der Waals surface area contributed by atoms with E-state index in [1.165, 1.54) is 0 Å². The molecule has 21 heavy (non-hydrogen) atoms. The summed E-state index contributed by atoms with van der Waals surface area (Å²) in [7, 11) is -3.41. The molecule has 0 bridgehead atoms. The zero-order valence-corrected chi connectivity index (χ0v) is 14.2. The Hall–Kier alpha value is -0.910. The van der Waals surface area contributed by atoms with E-state index in [1.807, 2.05) is 51.1 Å². The van der Waals surface area contributed by atoms with Gasteiger partial charge in [0.25, 0.3) is 0 Å². The van der Waals surface area contributed by atoms with Crippen molar-refractivity contribution in [3.05, 3.63) is 35.9 Å². The Bertz CT molecular complexity index is 524. The molecule has 0 heterocycles. The van der Waals surface area contributed by atoms with Gasteiger partial charge < -0.3 is 5.11 Å². The van der Waals surface area contributed by atoms with Crippen LogP contribution in [0.2, 0.25) is 0 Å². The van der Waals surface area contributed by atoms with Gasteiger partial charge in [0, 0.05) is 6.54 Å². The smallest absolute Gasteiger partial charge is 0.212 e. The maximum Gasteiger partial charge on any atom is 0.212 e. The van der Waals surface area contributed by atoms with Crippen LogP contribution < -0.4 is 4.72 Å². The summed E-state index contributed by atoms with van der Waals surface area (Å²) in [5, 5.41) is 10.2. The lowest BCUT2D eigenvalue weighted by Crippen LogP contribution is -2.42. The Morgan fingerprint density at radius 1 is 1.19 bits per heavy atom. The fourth-order valence-corrected chi connectivity index (χ4v) is 3.98. The third kappa shape index (κ3) is 7.07. The molecule has 0 amide bonds. The van der Waals surface area contributed by atoms with Gasteiger partial charge in [0.1, 0.15) is 0 Å². The summed E-state index contributed by atoms with van der Waals surface area (Å²) in [6, 6.07) is 9.56. The highest BCUT2D eigenvalue weighted by Gasteiger charge is 2.25. The predicted octanol–water partition coefficient (Wildman–Crippen LogP) is 2.51. The lowest BCUT2D eigenvalue weighted by molar-refractivity contribution is 0.0436. The van der Waals surface area contributed by atoms with Crippen molar-refractivity contribution in [2.24, 2.45) is 5.92 Å². The van der Waals surface area contributed by atoms with Crippen LogP contribution in [-0.4, -0.2) is 31.4 Å². The number of aliphatic hydroxyl groups is 1. The molecule has 0 radical (unpaired) electrons. The molecule has 2 atom stereocenters. The van der Waals surface area contributed by atoms with Crippen LogP contribution in [0.1, 0.15) is 45.6 Å². The lowest BCUT2D eigenvalue weighted by Gasteiger charge is -2.26.